The summed E-state index contributed by atoms with van der Waals surface area (Å²) in [5.41, 5.74) is -3.13. The molecule has 0 aliphatic carbocycles. The highest BCUT2D eigenvalue weighted by Crippen LogP contribution is 2.23. The van der Waals surface area contributed by atoms with Crippen LogP contribution in [0.2, 0.25) is 0 Å². The van der Waals surface area contributed by atoms with Crippen LogP contribution < -0.4 is 10.6 Å². The summed E-state index contributed by atoms with van der Waals surface area (Å²) in [6.45, 7) is 25.5. The minimum Gasteiger partial charge on any atom is -0.444 e. The molecule has 2 atom stereocenters. The Labute approximate surface area is 302 Å². The van der Waals surface area contributed by atoms with Gasteiger partial charge < -0.3 is 34.7 Å². The van der Waals surface area contributed by atoms with Gasteiger partial charge >= 0.3 is 24.4 Å². The molecule has 0 spiro atoms. The molecule has 0 aliphatic rings. The first-order valence-electron chi connectivity index (χ1n) is 18.4. The van der Waals surface area contributed by atoms with Gasteiger partial charge in [-0.2, -0.15) is 0 Å². The zero-order chi connectivity index (χ0) is 38.9. The van der Waals surface area contributed by atoms with Gasteiger partial charge in [0.15, 0.2) is 0 Å². The number of carbonyl (C=O) groups excluding carboxylic acids is 4. The molecule has 0 saturated heterocycles. The Morgan fingerprint density at radius 2 is 0.880 bits per heavy atom. The molecular formula is C37H72N4O9. The molecule has 2 unspecified atom stereocenters. The lowest BCUT2D eigenvalue weighted by Gasteiger charge is -2.39. The van der Waals surface area contributed by atoms with Gasteiger partial charge in [-0.15, -0.1) is 0 Å². The molecule has 0 heterocycles. The van der Waals surface area contributed by atoms with E-state index in [1.54, 1.807) is 83.1 Å². The molecule has 50 heavy (non-hydrogen) atoms. The normalized spacial score (nSPS) is 14.1. The molecule has 0 aliphatic heterocycles. The minimum atomic E-state index is -0.816. The van der Waals surface area contributed by atoms with Gasteiger partial charge in [0.2, 0.25) is 0 Å². The molecule has 0 rings (SSSR count). The van der Waals surface area contributed by atoms with E-state index in [1.807, 2.05) is 13.8 Å². The molecule has 3 N–H and O–H groups in total. The second-order valence-electron chi connectivity index (χ2n) is 17.0. The maximum Gasteiger partial charge on any atom is 0.411 e. The number of rotatable bonds is 18. The van der Waals surface area contributed by atoms with Crippen molar-refractivity contribution in [2.75, 3.05) is 19.7 Å². The Morgan fingerprint density at radius 1 is 0.540 bits per heavy atom. The van der Waals surface area contributed by atoms with Gasteiger partial charge in [0.1, 0.15) is 34.7 Å². The summed E-state index contributed by atoms with van der Waals surface area (Å²) in [6.07, 6.45) is 1.76. The molecule has 294 valence electrons. The SMILES string of the molecule is CCCC(NC(=O)OC(C)(C)C)N(CC(CCCCCCO)CN(C(=O)OC(C)(C)C)C(CCC)NC(=O)OC(C)(C)C)C(=O)OC(C)(C)C. The monoisotopic (exact) mass is 717 g/mol. The average molecular weight is 717 g/mol. The van der Waals surface area contributed by atoms with Gasteiger partial charge in [0.25, 0.3) is 0 Å². The smallest absolute Gasteiger partial charge is 0.411 e. The lowest BCUT2D eigenvalue weighted by molar-refractivity contribution is -0.00656. The third kappa shape index (κ3) is 22.7. The van der Waals surface area contributed by atoms with E-state index >= 15 is 0 Å². The zero-order valence-electron chi connectivity index (χ0n) is 33.8. The number of alkyl carbamates (subject to hydrolysis) is 2. The first-order chi connectivity index (χ1) is 22.8. The largest absolute Gasteiger partial charge is 0.444 e. The molecule has 0 fully saturated rings. The van der Waals surface area contributed by atoms with Gasteiger partial charge in [0.05, 0.1) is 0 Å². The van der Waals surface area contributed by atoms with Gasteiger partial charge in [-0.05, 0) is 115 Å². The van der Waals surface area contributed by atoms with Crippen LogP contribution in [0.1, 0.15) is 155 Å². The topological polar surface area (TPSA) is 156 Å². The van der Waals surface area contributed by atoms with E-state index in [-0.39, 0.29) is 25.6 Å². The molecule has 0 bridgehead atoms. The van der Waals surface area contributed by atoms with E-state index in [1.165, 1.54) is 9.80 Å². The average Bonchev–Trinajstić information content (AvgIpc) is 2.89. The molecule has 13 nitrogen and oxygen atoms in total. The fourth-order valence-electron chi connectivity index (χ4n) is 5.04. The number of hydrogen-bond donors (Lipinski definition) is 3. The number of hydrogen-bond acceptors (Lipinski definition) is 9. The summed E-state index contributed by atoms with van der Waals surface area (Å²) >= 11 is 0. The highest BCUT2D eigenvalue weighted by atomic mass is 16.6. The highest BCUT2D eigenvalue weighted by Gasteiger charge is 2.36. The van der Waals surface area contributed by atoms with Crippen LogP contribution in [0.4, 0.5) is 19.2 Å². The van der Waals surface area contributed by atoms with Crippen molar-refractivity contribution in [2.45, 2.75) is 189 Å². The zero-order valence-corrected chi connectivity index (χ0v) is 33.8. The maximum atomic E-state index is 13.9. The van der Waals surface area contributed by atoms with Crippen LogP contribution in [0.5, 0.6) is 0 Å². The summed E-state index contributed by atoms with van der Waals surface area (Å²) < 4.78 is 22.8. The highest BCUT2D eigenvalue weighted by molar-refractivity contribution is 5.72. The Kier molecular flexibility index (Phi) is 20.1. The van der Waals surface area contributed by atoms with E-state index in [9.17, 15) is 24.3 Å². The van der Waals surface area contributed by atoms with Crippen molar-refractivity contribution in [1.82, 2.24) is 20.4 Å². The number of nitrogens with zero attached hydrogens (tertiary/aromatic N) is 2. The number of nitrogens with one attached hydrogen (secondary N) is 2. The van der Waals surface area contributed by atoms with Gasteiger partial charge in [-0.3, -0.25) is 9.80 Å². The number of aliphatic hydroxyl groups excluding tert-OH is 1. The molecular weight excluding hydrogens is 644 g/mol. The van der Waals surface area contributed by atoms with Gasteiger partial charge in [-0.25, -0.2) is 19.2 Å². The van der Waals surface area contributed by atoms with Crippen LogP contribution in [-0.2, 0) is 18.9 Å². The second kappa shape index (κ2) is 21.4. The molecule has 0 saturated carbocycles. The Hall–Kier alpha value is -2.96. The molecule has 0 radical (unpaired) electrons. The molecule has 0 aromatic heterocycles. The predicted octanol–water partition coefficient (Wildman–Crippen LogP) is 8.32. The summed E-state index contributed by atoms with van der Waals surface area (Å²) in [7, 11) is 0. The van der Waals surface area contributed by atoms with Crippen molar-refractivity contribution in [3.8, 4) is 0 Å². The van der Waals surface area contributed by atoms with Crippen molar-refractivity contribution >= 4 is 24.4 Å². The quantitative estimate of drug-likeness (QED) is 0.0721. The van der Waals surface area contributed by atoms with Crippen LogP contribution in [0, 0.1) is 5.92 Å². The Morgan fingerprint density at radius 3 is 1.18 bits per heavy atom. The molecule has 0 aromatic rings. The van der Waals surface area contributed by atoms with Crippen molar-refractivity contribution in [3.05, 3.63) is 0 Å². The summed E-state index contributed by atoms with van der Waals surface area (Å²) in [4.78, 5) is 56.9. The van der Waals surface area contributed by atoms with E-state index < -0.39 is 59.1 Å². The van der Waals surface area contributed by atoms with Gasteiger partial charge in [0, 0.05) is 19.7 Å². The van der Waals surface area contributed by atoms with Crippen molar-refractivity contribution < 1.29 is 43.2 Å². The van der Waals surface area contributed by atoms with Crippen LogP contribution in [0.25, 0.3) is 0 Å². The lowest BCUT2D eigenvalue weighted by atomic mass is 9.98. The molecule has 4 amide bonds. The first-order valence-corrected chi connectivity index (χ1v) is 18.4. The van der Waals surface area contributed by atoms with Crippen LogP contribution in [-0.4, -0.2) is 93.7 Å². The standard InChI is InChI=1S/C37H72N4O9/c1-15-21-28(38-30(43)47-34(3,4)5)40(32(45)49-36(9,10)11)25-27(23-19-17-18-20-24-42)26-41(33(46)50-37(12,13)14)29(22-16-2)39-31(44)48-35(6,7)8/h27-29,42H,15-26H2,1-14H3,(H,38,43)(H,39,44). The number of ether oxygens (including phenoxy) is 4. The van der Waals surface area contributed by atoms with Gasteiger partial charge in [-0.1, -0.05) is 46.0 Å². The fourth-order valence-corrected chi connectivity index (χ4v) is 5.04. The van der Waals surface area contributed by atoms with Crippen molar-refractivity contribution in [1.29, 1.82) is 0 Å². The van der Waals surface area contributed by atoms with Crippen LogP contribution >= 0.6 is 0 Å². The summed E-state index contributed by atoms with van der Waals surface area (Å²) in [5, 5.41) is 15.1. The van der Waals surface area contributed by atoms with Crippen LogP contribution in [0.3, 0.4) is 0 Å². The Balaban J connectivity index is 6.98. The summed E-state index contributed by atoms with van der Waals surface area (Å²) in [5.74, 6) is -0.330. The lowest BCUT2D eigenvalue weighted by Crippen LogP contribution is -2.57. The summed E-state index contributed by atoms with van der Waals surface area (Å²) in [6, 6.07) is 0. The third-order valence-corrected chi connectivity index (χ3v) is 6.93. The van der Waals surface area contributed by atoms with E-state index in [0.29, 0.717) is 38.5 Å². The van der Waals surface area contributed by atoms with Crippen molar-refractivity contribution in [2.24, 2.45) is 5.92 Å². The predicted molar refractivity (Wildman–Crippen MR) is 196 cm³/mol. The maximum absolute atomic E-state index is 13.9. The molecule has 0 aromatic carbocycles. The molecule has 13 heteroatoms. The fraction of sp³-hybridized carbons (Fsp3) is 0.892. The number of amides is 4. The number of aliphatic hydroxyl groups is 1. The van der Waals surface area contributed by atoms with E-state index in [0.717, 1.165) is 19.3 Å². The van der Waals surface area contributed by atoms with E-state index in [4.69, 9.17) is 18.9 Å². The second-order valence-corrected chi connectivity index (χ2v) is 17.0. The minimum absolute atomic E-state index is 0.104. The van der Waals surface area contributed by atoms with E-state index in [2.05, 4.69) is 10.6 Å². The van der Waals surface area contributed by atoms with Crippen molar-refractivity contribution in [3.63, 3.8) is 0 Å². The number of unbranched alkanes of at least 4 members (excludes halogenated alkanes) is 3. The third-order valence-electron chi connectivity index (χ3n) is 6.93. The Bertz CT molecular complexity index is 952. The number of carbonyl (C=O) groups is 4. The first kappa shape index (κ1) is 47.0. The van der Waals surface area contributed by atoms with Crippen LogP contribution in [0.15, 0.2) is 0 Å².